The van der Waals surface area contributed by atoms with Crippen LogP contribution in [-0.2, 0) is 6.54 Å². The second-order valence-corrected chi connectivity index (χ2v) is 6.17. The normalized spacial score (nSPS) is 17.2. The highest BCUT2D eigenvalue weighted by Crippen LogP contribution is 2.11. The van der Waals surface area contributed by atoms with Crippen LogP contribution in [0.2, 0.25) is 0 Å². The van der Waals surface area contributed by atoms with Crippen molar-refractivity contribution in [3.63, 3.8) is 0 Å². The summed E-state index contributed by atoms with van der Waals surface area (Å²) in [4.78, 5) is 4.77. The quantitative estimate of drug-likeness (QED) is 0.857. The molecule has 0 radical (unpaired) electrons. The Morgan fingerprint density at radius 1 is 1.39 bits per heavy atom. The van der Waals surface area contributed by atoms with Gasteiger partial charge in [-0.15, -0.1) is 0 Å². The SMILES string of the molecule is CC(C)NC(=S)N1CCN(Cc2ccsc2)CC1. The Hall–Kier alpha value is -0.650. The summed E-state index contributed by atoms with van der Waals surface area (Å²) < 4.78 is 0. The van der Waals surface area contributed by atoms with E-state index < -0.39 is 0 Å². The van der Waals surface area contributed by atoms with Crippen LogP contribution < -0.4 is 5.32 Å². The standard InChI is InChI=1S/C13H21N3S2/c1-11(2)14-13(17)16-6-4-15(5-7-16)9-12-3-8-18-10-12/h3,8,10-11H,4-7,9H2,1-2H3,(H,14,17). The molecule has 0 aliphatic carbocycles. The molecule has 1 fully saturated rings. The van der Waals surface area contributed by atoms with E-state index in [4.69, 9.17) is 12.2 Å². The molecular weight excluding hydrogens is 262 g/mol. The minimum atomic E-state index is 0.418. The summed E-state index contributed by atoms with van der Waals surface area (Å²) in [5.41, 5.74) is 1.43. The van der Waals surface area contributed by atoms with Gasteiger partial charge in [0.25, 0.3) is 0 Å². The average molecular weight is 283 g/mol. The maximum atomic E-state index is 5.40. The van der Waals surface area contributed by atoms with Crippen LogP contribution in [0, 0.1) is 0 Å². The summed E-state index contributed by atoms with van der Waals surface area (Å²) in [6.45, 7) is 9.57. The number of hydrogen-bond acceptors (Lipinski definition) is 3. The Labute approximate surface area is 119 Å². The van der Waals surface area contributed by atoms with Crippen molar-refractivity contribution in [2.75, 3.05) is 26.2 Å². The Kier molecular flexibility index (Phi) is 4.97. The van der Waals surface area contributed by atoms with Crippen LogP contribution in [0.25, 0.3) is 0 Å². The largest absolute Gasteiger partial charge is 0.360 e. The van der Waals surface area contributed by atoms with Gasteiger partial charge in [-0.25, -0.2) is 0 Å². The fourth-order valence-corrected chi connectivity index (χ4v) is 3.17. The lowest BCUT2D eigenvalue weighted by molar-refractivity contribution is 0.174. The van der Waals surface area contributed by atoms with Crippen molar-refractivity contribution >= 4 is 28.7 Å². The van der Waals surface area contributed by atoms with E-state index in [9.17, 15) is 0 Å². The summed E-state index contributed by atoms with van der Waals surface area (Å²) in [5.74, 6) is 0. The van der Waals surface area contributed by atoms with Gasteiger partial charge in [-0.1, -0.05) is 0 Å². The van der Waals surface area contributed by atoms with E-state index in [1.54, 1.807) is 11.3 Å². The first-order chi connectivity index (χ1) is 8.65. The minimum Gasteiger partial charge on any atom is -0.360 e. The Balaban J connectivity index is 1.76. The van der Waals surface area contributed by atoms with E-state index in [0.29, 0.717) is 6.04 Å². The number of rotatable bonds is 3. The summed E-state index contributed by atoms with van der Waals surface area (Å²) >= 11 is 7.18. The molecule has 1 aromatic heterocycles. The highest BCUT2D eigenvalue weighted by molar-refractivity contribution is 7.80. The van der Waals surface area contributed by atoms with Gasteiger partial charge in [-0.05, 0) is 48.5 Å². The van der Waals surface area contributed by atoms with Crippen LogP contribution in [0.4, 0.5) is 0 Å². The smallest absolute Gasteiger partial charge is 0.169 e. The van der Waals surface area contributed by atoms with Crippen LogP contribution >= 0.6 is 23.6 Å². The number of nitrogens with zero attached hydrogens (tertiary/aromatic N) is 2. The van der Waals surface area contributed by atoms with Crippen molar-refractivity contribution in [1.82, 2.24) is 15.1 Å². The molecule has 0 atom stereocenters. The molecule has 2 rings (SSSR count). The highest BCUT2D eigenvalue weighted by atomic mass is 32.1. The predicted molar refractivity (Wildman–Crippen MR) is 82.0 cm³/mol. The van der Waals surface area contributed by atoms with Crippen molar-refractivity contribution in [1.29, 1.82) is 0 Å². The monoisotopic (exact) mass is 283 g/mol. The van der Waals surface area contributed by atoms with Crippen molar-refractivity contribution in [2.24, 2.45) is 0 Å². The Bertz CT molecular complexity index is 368. The second kappa shape index (κ2) is 6.50. The first kappa shape index (κ1) is 13.8. The molecule has 0 bridgehead atoms. The van der Waals surface area contributed by atoms with Gasteiger partial charge in [0.1, 0.15) is 0 Å². The van der Waals surface area contributed by atoms with Gasteiger partial charge >= 0.3 is 0 Å². The van der Waals surface area contributed by atoms with E-state index in [2.05, 4.69) is 45.8 Å². The molecule has 1 aliphatic rings. The summed E-state index contributed by atoms with van der Waals surface area (Å²) in [6.07, 6.45) is 0. The van der Waals surface area contributed by atoms with Crippen molar-refractivity contribution in [3.8, 4) is 0 Å². The highest BCUT2D eigenvalue weighted by Gasteiger charge is 2.19. The molecule has 1 saturated heterocycles. The van der Waals surface area contributed by atoms with Crippen molar-refractivity contribution in [2.45, 2.75) is 26.4 Å². The molecule has 0 saturated carbocycles. The summed E-state index contributed by atoms with van der Waals surface area (Å²) in [5, 5.41) is 8.60. The second-order valence-electron chi connectivity index (χ2n) is 5.00. The average Bonchev–Trinajstić information content (AvgIpc) is 2.82. The lowest BCUT2D eigenvalue weighted by Gasteiger charge is -2.36. The molecule has 18 heavy (non-hydrogen) atoms. The zero-order chi connectivity index (χ0) is 13.0. The van der Waals surface area contributed by atoms with Crippen LogP contribution in [0.15, 0.2) is 16.8 Å². The zero-order valence-corrected chi connectivity index (χ0v) is 12.7. The molecule has 0 aromatic carbocycles. The Morgan fingerprint density at radius 2 is 2.11 bits per heavy atom. The van der Waals surface area contributed by atoms with E-state index in [0.717, 1.165) is 37.8 Å². The maximum absolute atomic E-state index is 5.40. The maximum Gasteiger partial charge on any atom is 0.169 e. The van der Waals surface area contributed by atoms with Crippen LogP contribution in [-0.4, -0.2) is 47.1 Å². The number of thiophene rings is 1. The molecule has 1 aromatic rings. The lowest BCUT2D eigenvalue weighted by Crippen LogP contribution is -2.52. The number of nitrogens with one attached hydrogen (secondary N) is 1. The van der Waals surface area contributed by atoms with Gasteiger partial charge < -0.3 is 10.2 Å². The molecule has 0 unspecified atom stereocenters. The van der Waals surface area contributed by atoms with Crippen LogP contribution in [0.1, 0.15) is 19.4 Å². The van der Waals surface area contributed by atoms with E-state index in [-0.39, 0.29) is 0 Å². The molecule has 5 heteroatoms. The predicted octanol–water partition coefficient (Wildman–Crippen LogP) is 2.15. The van der Waals surface area contributed by atoms with Gasteiger partial charge in [0.2, 0.25) is 0 Å². The third-order valence-corrected chi connectivity index (χ3v) is 4.17. The van der Waals surface area contributed by atoms with Gasteiger partial charge in [-0.2, -0.15) is 11.3 Å². The first-order valence-corrected chi connectivity index (χ1v) is 7.79. The van der Waals surface area contributed by atoms with E-state index >= 15 is 0 Å². The van der Waals surface area contributed by atoms with Crippen molar-refractivity contribution < 1.29 is 0 Å². The number of thiocarbonyl (C=S) groups is 1. The zero-order valence-electron chi connectivity index (χ0n) is 11.1. The molecule has 0 amide bonds. The minimum absolute atomic E-state index is 0.418. The lowest BCUT2D eigenvalue weighted by atomic mass is 10.2. The Morgan fingerprint density at radius 3 is 2.67 bits per heavy atom. The first-order valence-electron chi connectivity index (χ1n) is 6.44. The van der Waals surface area contributed by atoms with Gasteiger partial charge in [0, 0.05) is 38.8 Å². The van der Waals surface area contributed by atoms with Crippen molar-refractivity contribution in [3.05, 3.63) is 22.4 Å². The fourth-order valence-electron chi connectivity index (χ4n) is 2.09. The van der Waals surface area contributed by atoms with Gasteiger partial charge in [-0.3, -0.25) is 4.90 Å². The summed E-state index contributed by atoms with van der Waals surface area (Å²) in [7, 11) is 0. The molecule has 3 nitrogen and oxygen atoms in total. The topological polar surface area (TPSA) is 18.5 Å². The molecule has 1 N–H and O–H groups in total. The molecule has 1 aliphatic heterocycles. The fraction of sp³-hybridized carbons (Fsp3) is 0.615. The third-order valence-electron chi connectivity index (χ3n) is 3.06. The van der Waals surface area contributed by atoms with Gasteiger partial charge in [0.05, 0.1) is 0 Å². The number of hydrogen-bond donors (Lipinski definition) is 1. The van der Waals surface area contributed by atoms with Crippen LogP contribution in [0.3, 0.4) is 0 Å². The molecule has 100 valence electrons. The van der Waals surface area contributed by atoms with E-state index in [1.807, 2.05) is 0 Å². The van der Waals surface area contributed by atoms with Crippen LogP contribution in [0.5, 0.6) is 0 Å². The molecular formula is C13H21N3S2. The molecule has 2 heterocycles. The summed E-state index contributed by atoms with van der Waals surface area (Å²) in [6, 6.07) is 2.63. The third kappa shape index (κ3) is 3.93. The van der Waals surface area contributed by atoms with Gasteiger partial charge in [0.15, 0.2) is 5.11 Å². The molecule has 0 spiro atoms. The number of piperazine rings is 1. The van der Waals surface area contributed by atoms with E-state index in [1.165, 1.54) is 5.56 Å².